The minimum atomic E-state index is -3.37. The van der Waals surface area contributed by atoms with Crippen LogP contribution in [-0.4, -0.2) is 59.4 Å². The molecule has 0 radical (unpaired) electrons. The topological polar surface area (TPSA) is 58.4 Å². The van der Waals surface area contributed by atoms with Crippen molar-refractivity contribution >= 4 is 10.0 Å². The van der Waals surface area contributed by atoms with E-state index in [0.29, 0.717) is 19.1 Å². The van der Waals surface area contributed by atoms with Gasteiger partial charge in [-0.05, 0) is 25.9 Å². The van der Waals surface area contributed by atoms with Crippen molar-refractivity contribution in [2.75, 3.05) is 26.2 Å². The number of imidazole rings is 1. The number of hydrogen-bond acceptors (Lipinski definition) is 4. The third-order valence-corrected chi connectivity index (χ3v) is 5.49. The van der Waals surface area contributed by atoms with Gasteiger partial charge in [-0.25, -0.2) is 13.4 Å². The first-order chi connectivity index (χ1) is 8.57. The third kappa shape index (κ3) is 1.96. The Bertz CT molecular complexity index is 527. The third-order valence-electron chi connectivity index (χ3n) is 3.77. The fourth-order valence-electron chi connectivity index (χ4n) is 2.60. The molecule has 7 heteroatoms. The molecule has 3 heterocycles. The highest BCUT2D eigenvalue weighted by atomic mass is 32.2. The van der Waals surface area contributed by atoms with Crippen LogP contribution in [-0.2, 0) is 17.1 Å². The molecule has 0 bridgehead atoms. The standard InChI is InChI=1S/C11H18N4O2S/c1-13-8-11(12-9-13)18(16,17)15-6-10(7-15)14-4-2-3-5-14/h8-10H,2-7H2,1H3. The van der Waals surface area contributed by atoms with Crippen LogP contribution >= 0.6 is 0 Å². The molecule has 100 valence electrons. The Kier molecular flexibility index (Phi) is 2.91. The van der Waals surface area contributed by atoms with Crippen LogP contribution in [0.5, 0.6) is 0 Å². The number of aryl methyl sites for hydroxylation is 1. The lowest BCUT2D eigenvalue weighted by Crippen LogP contribution is -2.60. The first kappa shape index (κ1) is 12.1. The van der Waals surface area contributed by atoms with Gasteiger partial charge in [-0.2, -0.15) is 4.31 Å². The van der Waals surface area contributed by atoms with Gasteiger partial charge in [0.25, 0.3) is 10.0 Å². The van der Waals surface area contributed by atoms with Crippen molar-refractivity contribution in [2.24, 2.45) is 7.05 Å². The Hall–Kier alpha value is -0.920. The van der Waals surface area contributed by atoms with Gasteiger partial charge in [0, 0.05) is 32.4 Å². The van der Waals surface area contributed by atoms with Crippen LogP contribution in [0.4, 0.5) is 0 Å². The van der Waals surface area contributed by atoms with Crippen molar-refractivity contribution in [1.29, 1.82) is 0 Å². The minimum Gasteiger partial charge on any atom is -0.339 e. The van der Waals surface area contributed by atoms with Crippen LogP contribution in [0.2, 0.25) is 0 Å². The van der Waals surface area contributed by atoms with Crippen LogP contribution in [0.1, 0.15) is 12.8 Å². The van der Waals surface area contributed by atoms with Crippen LogP contribution in [0.25, 0.3) is 0 Å². The summed E-state index contributed by atoms with van der Waals surface area (Å²) in [6.07, 6.45) is 5.55. The van der Waals surface area contributed by atoms with Gasteiger partial charge in [-0.15, -0.1) is 0 Å². The number of hydrogen-bond donors (Lipinski definition) is 0. The molecular formula is C11H18N4O2S. The second kappa shape index (κ2) is 4.32. The molecule has 0 N–H and O–H groups in total. The summed E-state index contributed by atoms with van der Waals surface area (Å²) >= 11 is 0. The first-order valence-electron chi connectivity index (χ1n) is 6.29. The molecule has 0 aromatic carbocycles. The minimum absolute atomic E-state index is 0.157. The van der Waals surface area contributed by atoms with E-state index in [0.717, 1.165) is 13.1 Å². The van der Waals surface area contributed by atoms with Gasteiger partial charge in [-0.1, -0.05) is 0 Å². The molecule has 1 aromatic rings. The van der Waals surface area contributed by atoms with Crippen molar-refractivity contribution in [3.63, 3.8) is 0 Å². The summed E-state index contributed by atoms with van der Waals surface area (Å²) in [5, 5.41) is 0.157. The van der Waals surface area contributed by atoms with Gasteiger partial charge < -0.3 is 4.57 Å². The van der Waals surface area contributed by atoms with Crippen molar-refractivity contribution in [1.82, 2.24) is 18.8 Å². The van der Waals surface area contributed by atoms with E-state index in [9.17, 15) is 8.42 Å². The van der Waals surface area contributed by atoms with Crippen molar-refractivity contribution in [3.8, 4) is 0 Å². The zero-order valence-electron chi connectivity index (χ0n) is 10.5. The number of aromatic nitrogens is 2. The summed E-state index contributed by atoms with van der Waals surface area (Å²) in [6, 6.07) is 0.408. The zero-order chi connectivity index (χ0) is 12.8. The second-order valence-electron chi connectivity index (χ2n) is 5.10. The second-order valence-corrected chi connectivity index (χ2v) is 6.98. The molecule has 0 spiro atoms. The van der Waals surface area contributed by atoms with Gasteiger partial charge in [-0.3, -0.25) is 4.90 Å². The molecule has 0 unspecified atom stereocenters. The van der Waals surface area contributed by atoms with Gasteiger partial charge in [0.05, 0.1) is 6.33 Å². The highest BCUT2D eigenvalue weighted by molar-refractivity contribution is 7.89. The molecule has 0 saturated carbocycles. The monoisotopic (exact) mass is 270 g/mol. The number of rotatable bonds is 3. The van der Waals surface area contributed by atoms with E-state index in [1.165, 1.54) is 23.5 Å². The van der Waals surface area contributed by atoms with Gasteiger partial charge >= 0.3 is 0 Å². The quantitative estimate of drug-likeness (QED) is 0.769. The summed E-state index contributed by atoms with van der Waals surface area (Å²) in [7, 11) is -1.60. The number of sulfonamides is 1. The highest BCUT2D eigenvalue weighted by Gasteiger charge is 2.40. The van der Waals surface area contributed by atoms with E-state index in [1.54, 1.807) is 17.8 Å². The predicted molar refractivity (Wildman–Crippen MR) is 66.6 cm³/mol. The van der Waals surface area contributed by atoms with Crippen molar-refractivity contribution in [2.45, 2.75) is 23.9 Å². The summed E-state index contributed by atoms with van der Waals surface area (Å²) < 4.78 is 27.6. The maximum atomic E-state index is 12.2. The maximum absolute atomic E-state index is 12.2. The van der Waals surface area contributed by atoms with Crippen LogP contribution in [0.3, 0.4) is 0 Å². The average molecular weight is 270 g/mol. The van der Waals surface area contributed by atoms with E-state index in [-0.39, 0.29) is 5.03 Å². The Morgan fingerprint density at radius 3 is 2.50 bits per heavy atom. The van der Waals surface area contributed by atoms with Crippen LogP contribution < -0.4 is 0 Å². The van der Waals surface area contributed by atoms with Gasteiger partial charge in [0.2, 0.25) is 0 Å². The highest BCUT2D eigenvalue weighted by Crippen LogP contribution is 2.25. The van der Waals surface area contributed by atoms with Gasteiger partial charge in [0.15, 0.2) is 5.03 Å². The molecule has 18 heavy (non-hydrogen) atoms. The average Bonchev–Trinajstić information content (AvgIpc) is 2.86. The maximum Gasteiger partial charge on any atom is 0.262 e. The Labute approximate surface area is 107 Å². The van der Waals surface area contributed by atoms with E-state index < -0.39 is 10.0 Å². The molecule has 2 aliphatic rings. The molecule has 0 atom stereocenters. The molecule has 3 rings (SSSR count). The number of nitrogens with zero attached hydrogens (tertiary/aromatic N) is 4. The summed E-state index contributed by atoms with van der Waals surface area (Å²) in [4.78, 5) is 6.33. The first-order valence-corrected chi connectivity index (χ1v) is 7.73. The fourth-order valence-corrected chi connectivity index (χ4v) is 4.09. The Balaban J connectivity index is 1.67. The molecule has 2 aliphatic heterocycles. The molecule has 0 amide bonds. The number of likely N-dealkylation sites (tertiary alicyclic amines) is 1. The summed E-state index contributed by atoms with van der Waals surface area (Å²) in [5.41, 5.74) is 0. The van der Waals surface area contributed by atoms with E-state index in [2.05, 4.69) is 9.88 Å². The largest absolute Gasteiger partial charge is 0.339 e. The molecule has 6 nitrogen and oxygen atoms in total. The molecule has 1 aromatic heterocycles. The van der Waals surface area contributed by atoms with Crippen LogP contribution in [0, 0.1) is 0 Å². The van der Waals surface area contributed by atoms with E-state index >= 15 is 0 Å². The Morgan fingerprint density at radius 1 is 1.28 bits per heavy atom. The van der Waals surface area contributed by atoms with Crippen molar-refractivity contribution < 1.29 is 8.42 Å². The lowest BCUT2D eigenvalue weighted by atomic mass is 10.1. The van der Waals surface area contributed by atoms with E-state index in [4.69, 9.17) is 0 Å². The fraction of sp³-hybridized carbons (Fsp3) is 0.727. The lowest BCUT2D eigenvalue weighted by molar-refractivity contribution is 0.110. The van der Waals surface area contributed by atoms with Crippen LogP contribution in [0.15, 0.2) is 17.6 Å². The van der Waals surface area contributed by atoms with Gasteiger partial charge in [0.1, 0.15) is 0 Å². The summed E-state index contributed by atoms with van der Waals surface area (Å²) in [5.74, 6) is 0. The van der Waals surface area contributed by atoms with Crippen molar-refractivity contribution in [3.05, 3.63) is 12.5 Å². The lowest BCUT2D eigenvalue weighted by Gasteiger charge is -2.42. The smallest absolute Gasteiger partial charge is 0.262 e. The normalized spacial score (nSPS) is 23.4. The molecule has 2 saturated heterocycles. The molecule has 2 fully saturated rings. The summed E-state index contributed by atoms with van der Waals surface area (Å²) in [6.45, 7) is 3.45. The predicted octanol–water partition coefficient (Wildman–Crippen LogP) is -0.111. The molecular weight excluding hydrogens is 252 g/mol. The molecule has 0 aliphatic carbocycles. The SMILES string of the molecule is Cn1cnc(S(=O)(=O)N2CC(N3CCCC3)C2)c1. The van der Waals surface area contributed by atoms with E-state index in [1.807, 2.05) is 0 Å². The zero-order valence-corrected chi connectivity index (χ0v) is 11.3. The Morgan fingerprint density at radius 2 is 1.94 bits per heavy atom.